The molecular formula is C19H17N3O3. The van der Waals surface area contributed by atoms with Crippen LogP contribution in [0.5, 0.6) is 5.88 Å². The fraction of sp³-hybridized carbons (Fsp3) is 0.105. The van der Waals surface area contributed by atoms with E-state index < -0.39 is 6.04 Å². The molecule has 126 valence electrons. The highest BCUT2D eigenvalue weighted by molar-refractivity contribution is 5.60. The van der Waals surface area contributed by atoms with Gasteiger partial charge in [-0.05, 0) is 36.3 Å². The molecule has 0 saturated heterocycles. The van der Waals surface area contributed by atoms with E-state index in [1.54, 1.807) is 43.5 Å². The molecule has 2 aromatic carbocycles. The minimum atomic E-state index is -0.460. The number of hydrogen-bond acceptors (Lipinski definition) is 4. The molecule has 6 nitrogen and oxygen atoms in total. The minimum Gasteiger partial charge on any atom is -0.493 e. The molecule has 6 heteroatoms. The van der Waals surface area contributed by atoms with Gasteiger partial charge in [-0.2, -0.15) is 4.91 Å². The molecule has 0 amide bonds. The van der Waals surface area contributed by atoms with Gasteiger partial charge >= 0.3 is 5.69 Å². The van der Waals surface area contributed by atoms with Gasteiger partial charge in [0.1, 0.15) is 6.04 Å². The summed E-state index contributed by atoms with van der Waals surface area (Å²) in [5.41, 5.74) is 1.81. The Morgan fingerprint density at radius 3 is 2.40 bits per heavy atom. The molecule has 1 heterocycles. The lowest BCUT2D eigenvalue weighted by Gasteiger charge is -2.06. The lowest BCUT2D eigenvalue weighted by molar-refractivity contribution is 0.441. The van der Waals surface area contributed by atoms with Gasteiger partial charge in [-0.1, -0.05) is 47.6 Å². The van der Waals surface area contributed by atoms with E-state index in [1.807, 2.05) is 30.3 Å². The Morgan fingerprint density at radius 2 is 1.76 bits per heavy atom. The normalized spacial score (nSPS) is 12.4. The Kier molecular flexibility index (Phi) is 4.61. The summed E-state index contributed by atoms with van der Waals surface area (Å²) < 4.78 is 2.50. The maximum Gasteiger partial charge on any atom is 0.339 e. The fourth-order valence-corrected chi connectivity index (χ4v) is 2.49. The van der Waals surface area contributed by atoms with Crippen LogP contribution in [0.3, 0.4) is 0 Å². The summed E-state index contributed by atoms with van der Waals surface area (Å²) in [6.07, 6.45) is 4.73. The van der Waals surface area contributed by atoms with E-state index in [4.69, 9.17) is 0 Å². The molecule has 1 aromatic heterocycles. The first-order chi connectivity index (χ1) is 12.1. The molecule has 1 unspecified atom stereocenters. The SMILES string of the molecule is CC(N=O)c1ccc(-n2c(O)cn(C=Cc3ccccc3)c2=O)cc1. The molecule has 1 N–H and O–H groups in total. The van der Waals surface area contributed by atoms with E-state index >= 15 is 0 Å². The van der Waals surface area contributed by atoms with E-state index in [2.05, 4.69) is 5.18 Å². The van der Waals surface area contributed by atoms with Crippen LogP contribution in [0.1, 0.15) is 24.1 Å². The first-order valence-electron chi connectivity index (χ1n) is 7.79. The molecule has 3 aromatic rings. The number of imidazole rings is 1. The molecule has 0 aliphatic heterocycles. The second-order valence-corrected chi connectivity index (χ2v) is 5.61. The van der Waals surface area contributed by atoms with Crippen LogP contribution < -0.4 is 5.69 Å². The highest BCUT2D eigenvalue weighted by atomic mass is 16.3. The molecule has 0 spiro atoms. The summed E-state index contributed by atoms with van der Waals surface area (Å²) in [4.78, 5) is 23.1. The van der Waals surface area contributed by atoms with Crippen molar-refractivity contribution < 1.29 is 5.11 Å². The monoisotopic (exact) mass is 335 g/mol. The third kappa shape index (κ3) is 3.42. The van der Waals surface area contributed by atoms with Crippen molar-refractivity contribution in [2.45, 2.75) is 13.0 Å². The first kappa shape index (κ1) is 16.4. The highest BCUT2D eigenvalue weighted by Gasteiger charge is 2.12. The van der Waals surface area contributed by atoms with E-state index in [9.17, 15) is 14.8 Å². The van der Waals surface area contributed by atoms with Crippen molar-refractivity contribution in [1.29, 1.82) is 0 Å². The minimum absolute atomic E-state index is 0.169. The van der Waals surface area contributed by atoms with Crippen LogP contribution in [-0.2, 0) is 0 Å². The van der Waals surface area contributed by atoms with Gasteiger partial charge < -0.3 is 5.11 Å². The molecule has 25 heavy (non-hydrogen) atoms. The maximum absolute atomic E-state index is 12.5. The van der Waals surface area contributed by atoms with Gasteiger partial charge in [0, 0.05) is 6.20 Å². The zero-order valence-corrected chi connectivity index (χ0v) is 13.6. The summed E-state index contributed by atoms with van der Waals surface area (Å²) in [6.45, 7) is 1.69. The predicted molar refractivity (Wildman–Crippen MR) is 97.6 cm³/mol. The molecule has 0 aliphatic rings. The third-order valence-corrected chi connectivity index (χ3v) is 3.91. The Balaban J connectivity index is 1.93. The number of nitrogens with zero attached hydrogens (tertiary/aromatic N) is 3. The lowest BCUT2D eigenvalue weighted by Crippen LogP contribution is -2.20. The van der Waals surface area contributed by atoms with Crippen molar-refractivity contribution in [2.75, 3.05) is 0 Å². The number of benzene rings is 2. The average molecular weight is 335 g/mol. The van der Waals surface area contributed by atoms with E-state index in [0.29, 0.717) is 5.69 Å². The maximum atomic E-state index is 12.5. The molecule has 0 radical (unpaired) electrons. The zero-order chi connectivity index (χ0) is 17.8. The van der Waals surface area contributed by atoms with Gasteiger partial charge in [-0.25, -0.2) is 9.36 Å². The zero-order valence-electron chi connectivity index (χ0n) is 13.6. The van der Waals surface area contributed by atoms with E-state index in [-0.39, 0.29) is 11.6 Å². The van der Waals surface area contributed by atoms with Gasteiger partial charge in [0.25, 0.3) is 0 Å². The Labute approximate surface area is 144 Å². The molecule has 0 saturated carbocycles. The molecule has 3 rings (SSSR count). The standard InChI is InChI=1S/C19H17N3O3/c1-14(20-25)16-7-9-17(10-8-16)22-18(23)13-21(19(22)24)12-11-15-5-3-2-4-6-15/h2-14,23H,1H3. The second-order valence-electron chi connectivity index (χ2n) is 5.61. The average Bonchev–Trinajstić information content (AvgIpc) is 2.94. The van der Waals surface area contributed by atoms with Crippen molar-refractivity contribution in [3.63, 3.8) is 0 Å². The van der Waals surface area contributed by atoms with Gasteiger partial charge in [-0.15, -0.1) is 0 Å². The summed E-state index contributed by atoms with van der Waals surface area (Å²) >= 11 is 0. The largest absolute Gasteiger partial charge is 0.493 e. The third-order valence-electron chi connectivity index (χ3n) is 3.91. The Hall–Kier alpha value is -3.41. The Bertz CT molecular complexity index is 954. The van der Waals surface area contributed by atoms with Crippen LogP contribution >= 0.6 is 0 Å². The molecular weight excluding hydrogens is 318 g/mol. The van der Waals surface area contributed by atoms with Crippen LogP contribution in [0.15, 0.2) is 70.8 Å². The summed E-state index contributed by atoms with van der Waals surface area (Å²) in [7, 11) is 0. The number of hydrogen-bond donors (Lipinski definition) is 1. The lowest BCUT2D eigenvalue weighted by atomic mass is 10.1. The van der Waals surface area contributed by atoms with Crippen molar-refractivity contribution in [1.82, 2.24) is 9.13 Å². The highest BCUT2D eigenvalue weighted by Crippen LogP contribution is 2.20. The van der Waals surface area contributed by atoms with Crippen molar-refractivity contribution in [3.05, 3.63) is 87.3 Å². The van der Waals surface area contributed by atoms with Crippen LogP contribution in [-0.4, -0.2) is 14.2 Å². The number of aromatic nitrogens is 2. The number of nitroso groups, excluding NO2 is 1. The summed E-state index contributed by atoms with van der Waals surface area (Å²) in [6, 6.07) is 15.9. The van der Waals surface area contributed by atoms with E-state index in [0.717, 1.165) is 11.1 Å². The van der Waals surface area contributed by atoms with Crippen LogP contribution in [0.4, 0.5) is 0 Å². The summed E-state index contributed by atoms with van der Waals surface area (Å²) in [5.74, 6) is -0.169. The van der Waals surface area contributed by atoms with Crippen molar-refractivity contribution >= 4 is 12.3 Å². The van der Waals surface area contributed by atoms with Gasteiger partial charge in [-0.3, -0.25) is 4.57 Å². The predicted octanol–water partition coefficient (Wildman–Crippen LogP) is 3.80. The van der Waals surface area contributed by atoms with Crippen LogP contribution in [0, 0.1) is 4.91 Å². The van der Waals surface area contributed by atoms with E-state index in [1.165, 1.54) is 15.3 Å². The smallest absolute Gasteiger partial charge is 0.339 e. The Morgan fingerprint density at radius 1 is 1.08 bits per heavy atom. The topological polar surface area (TPSA) is 76.6 Å². The van der Waals surface area contributed by atoms with Crippen LogP contribution in [0.2, 0.25) is 0 Å². The molecule has 1 atom stereocenters. The summed E-state index contributed by atoms with van der Waals surface area (Å²) in [5, 5.41) is 13.1. The molecule has 0 aliphatic carbocycles. The fourth-order valence-electron chi connectivity index (χ4n) is 2.49. The van der Waals surface area contributed by atoms with Gasteiger partial charge in [0.15, 0.2) is 0 Å². The van der Waals surface area contributed by atoms with Crippen molar-refractivity contribution in [2.24, 2.45) is 5.18 Å². The van der Waals surface area contributed by atoms with Gasteiger partial charge in [0.2, 0.25) is 5.88 Å². The van der Waals surface area contributed by atoms with Gasteiger partial charge in [0.05, 0.1) is 11.9 Å². The van der Waals surface area contributed by atoms with Crippen LogP contribution in [0.25, 0.3) is 18.0 Å². The molecule has 0 fully saturated rings. The number of aromatic hydroxyl groups is 1. The van der Waals surface area contributed by atoms with Crippen molar-refractivity contribution in [3.8, 4) is 11.6 Å². The first-order valence-corrected chi connectivity index (χ1v) is 7.79. The quantitative estimate of drug-likeness (QED) is 0.721. The second kappa shape index (κ2) is 7.00. The molecule has 0 bridgehead atoms. The number of rotatable bonds is 5.